The average Bonchev–Trinajstić information content (AvgIpc) is 2.70. The second-order valence-electron chi connectivity index (χ2n) is 6.79. The number of hydrazone groups is 1. The summed E-state index contributed by atoms with van der Waals surface area (Å²) in [5.41, 5.74) is 8.75. The van der Waals surface area contributed by atoms with Gasteiger partial charge in [0.1, 0.15) is 5.75 Å². The zero-order chi connectivity index (χ0) is 19.9. The van der Waals surface area contributed by atoms with Crippen molar-refractivity contribution >= 4 is 11.6 Å². The fourth-order valence-corrected chi connectivity index (χ4v) is 2.94. The number of rotatable bonds is 6. The van der Waals surface area contributed by atoms with E-state index in [-0.39, 0.29) is 12.5 Å². The van der Waals surface area contributed by atoms with Gasteiger partial charge in [0.15, 0.2) is 6.61 Å². The molecule has 4 heteroatoms. The van der Waals surface area contributed by atoms with Gasteiger partial charge in [0, 0.05) is 0 Å². The lowest BCUT2D eigenvalue weighted by atomic mass is 10.0. The highest BCUT2D eigenvalue weighted by Crippen LogP contribution is 2.19. The van der Waals surface area contributed by atoms with Crippen LogP contribution in [0.3, 0.4) is 0 Å². The minimum absolute atomic E-state index is 0.0768. The van der Waals surface area contributed by atoms with Crippen LogP contribution in [0.5, 0.6) is 5.75 Å². The molecule has 0 bridgehead atoms. The van der Waals surface area contributed by atoms with Crippen LogP contribution in [0.15, 0.2) is 77.9 Å². The van der Waals surface area contributed by atoms with Crippen molar-refractivity contribution in [1.29, 1.82) is 0 Å². The van der Waals surface area contributed by atoms with Gasteiger partial charge in [-0.3, -0.25) is 4.79 Å². The Balaban J connectivity index is 1.56. The number of amides is 1. The van der Waals surface area contributed by atoms with Crippen LogP contribution in [-0.2, 0) is 4.79 Å². The first-order valence-electron chi connectivity index (χ1n) is 9.21. The first-order valence-corrected chi connectivity index (χ1v) is 9.21. The molecular weight excluding hydrogens is 348 g/mol. The van der Waals surface area contributed by atoms with E-state index in [9.17, 15) is 4.79 Å². The van der Waals surface area contributed by atoms with Gasteiger partial charge in [-0.15, -0.1) is 0 Å². The SMILES string of the molecule is CC(=NNC(=O)COc1cc(C)cc(C)c1)c1ccc(-c2ccccc2)cc1. The number of hydrogen-bond acceptors (Lipinski definition) is 3. The maximum Gasteiger partial charge on any atom is 0.277 e. The van der Waals surface area contributed by atoms with Crippen LogP contribution in [0.4, 0.5) is 0 Å². The van der Waals surface area contributed by atoms with Crippen molar-refractivity contribution < 1.29 is 9.53 Å². The maximum absolute atomic E-state index is 12.0. The monoisotopic (exact) mass is 372 g/mol. The summed E-state index contributed by atoms with van der Waals surface area (Å²) in [6.07, 6.45) is 0. The van der Waals surface area contributed by atoms with E-state index < -0.39 is 0 Å². The number of benzene rings is 3. The lowest BCUT2D eigenvalue weighted by molar-refractivity contribution is -0.123. The molecule has 0 radical (unpaired) electrons. The summed E-state index contributed by atoms with van der Waals surface area (Å²) >= 11 is 0. The van der Waals surface area contributed by atoms with Crippen molar-refractivity contribution in [3.63, 3.8) is 0 Å². The number of aryl methyl sites for hydroxylation is 2. The van der Waals surface area contributed by atoms with Crippen LogP contribution in [0, 0.1) is 13.8 Å². The fourth-order valence-electron chi connectivity index (χ4n) is 2.94. The number of nitrogens with zero attached hydrogens (tertiary/aromatic N) is 1. The number of carbonyl (C=O) groups excluding carboxylic acids is 1. The molecule has 0 spiro atoms. The third-order valence-electron chi connectivity index (χ3n) is 4.32. The van der Waals surface area contributed by atoms with Gasteiger partial charge in [-0.05, 0) is 60.7 Å². The topological polar surface area (TPSA) is 50.7 Å². The third-order valence-corrected chi connectivity index (χ3v) is 4.32. The van der Waals surface area contributed by atoms with E-state index in [2.05, 4.69) is 40.9 Å². The summed E-state index contributed by atoms with van der Waals surface area (Å²) in [6, 6.07) is 24.2. The van der Waals surface area contributed by atoms with E-state index in [1.807, 2.05) is 63.2 Å². The Morgan fingerprint density at radius 3 is 2.14 bits per heavy atom. The molecule has 142 valence electrons. The van der Waals surface area contributed by atoms with Gasteiger partial charge < -0.3 is 4.74 Å². The molecule has 3 aromatic carbocycles. The third kappa shape index (κ3) is 5.30. The highest BCUT2D eigenvalue weighted by molar-refractivity contribution is 5.99. The summed E-state index contributed by atoms with van der Waals surface area (Å²) in [7, 11) is 0. The normalized spacial score (nSPS) is 11.2. The van der Waals surface area contributed by atoms with Crippen molar-refractivity contribution in [2.24, 2.45) is 5.10 Å². The van der Waals surface area contributed by atoms with Gasteiger partial charge >= 0.3 is 0 Å². The Kier molecular flexibility index (Phi) is 6.22. The summed E-state index contributed by atoms with van der Waals surface area (Å²) < 4.78 is 5.55. The predicted molar refractivity (Wildman–Crippen MR) is 114 cm³/mol. The standard InChI is InChI=1S/C24H24N2O2/c1-17-13-18(2)15-23(14-17)28-16-24(27)26-25-19(3)20-9-11-22(12-10-20)21-7-5-4-6-8-21/h4-15H,16H2,1-3H3,(H,26,27). The van der Waals surface area contributed by atoms with Crippen molar-refractivity contribution in [1.82, 2.24) is 5.43 Å². The highest BCUT2D eigenvalue weighted by Gasteiger charge is 2.05. The first kappa shape index (κ1) is 19.4. The first-order chi connectivity index (χ1) is 13.5. The molecule has 0 aliphatic carbocycles. The van der Waals surface area contributed by atoms with Crippen LogP contribution >= 0.6 is 0 Å². The molecule has 0 atom stereocenters. The average molecular weight is 372 g/mol. The molecule has 0 aliphatic rings. The Labute approximate surface area is 165 Å². The lowest BCUT2D eigenvalue weighted by Gasteiger charge is -2.08. The fraction of sp³-hybridized carbons (Fsp3) is 0.167. The molecule has 0 aliphatic heterocycles. The Hall–Kier alpha value is -3.40. The van der Waals surface area contributed by atoms with E-state index in [1.54, 1.807) is 0 Å². The molecule has 1 amide bonds. The van der Waals surface area contributed by atoms with Gasteiger partial charge in [0.25, 0.3) is 5.91 Å². The zero-order valence-electron chi connectivity index (χ0n) is 16.4. The molecule has 3 rings (SSSR count). The van der Waals surface area contributed by atoms with E-state index in [4.69, 9.17) is 4.74 Å². The molecule has 0 unspecified atom stereocenters. The van der Waals surface area contributed by atoms with Gasteiger partial charge in [0.2, 0.25) is 0 Å². The van der Waals surface area contributed by atoms with Gasteiger partial charge in [0.05, 0.1) is 5.71 Å². The van der Waals surface area contributed by atoms with E-state index in [1.165, 1.54) is 5.56 Å². The van der Waals surface area contributed by atoms with E-state index in [0.717, 1.165) is 28.0 Å². The molecule has 28 heavy (non-hydrogen) atoms. The minimum atomic E-state index is -0.292. The maximum atomic E-state index is 12.0. The van der Waals surface area contributed by atoms with Crippen molar-refractivity contribution in [2.45, 2.75) is 20.8 Å². The predicted octanol–water partition coefficient (Wildman–Crippen LogP) is 4.89. The van der Waals surface area contributed by atoms with Gasteiger partial charge in [-0.1, -0.05) is 60.7 Å². The summed E-state index contributed by atoms with van der Waals surface area (Å²) in [5.74, 6) is 0.393. The highest BCUT2D eigenvalue weighted by atomic mass is 16.5. The lowest BCUT2D eigenvalue weighted by Crippen LogP contribution is -2.25. The quantitative estimate of drug-likeness (QED) is 0.495. The van der Waals surface area contributed by atoms with Crippen molar-refractivity contribution in [3.8, 4) is 16.9 Å². The molecule has 4 nitrogen and oxygen atoms in total. The largest absolute Gasteiger partial charge is 0.484 e. The smallest absolute Gasteiger partial charge is 0.277 e. The Morgan fingerprint density at radius 2 is 1.50 bits per heavy atom. The zero-order valence-corrected chi connectivity index (χ0v) is 16.4. The van der Waals surface area contributed by atoms with Crippen LogP contribution in [-0.4, -0.2) is 18.2 Å². The summed E-state index contributed by atoms with van der Waals surface area (Å²) in [5, 5.41) is 4.18. The number of hydrogen-bond donors (Lipinski definition) is 1. The van der Waals surface area contributed by atoms with Crippen LogP contribution in [0.25, 0.3) is 11.1 Å². The van der Waals surface area contributed by atoms with E-state index >= 15 is 0 Å². The van der Waals surface area contributed by atoms with Gasteiger partial charge in [-0.2, -0.15) is 5.10 Å². The Morgan fingerprint density at radius 1 is 0.893 bits per heavy atom. The van der Waals surface area contributed by atoms with Crippen molar-refractivity contribution in [2.75, 3.05) is 6.61 Å². The van der Waals surface area contributed by atoms with Gasteiger partial charge in [-0.25, -0.2) is 5.43 Å². The summed E-state index contributed by atoms with van der Waals surface area (Å²) in [4.78, 5) is 12.0. The molecular formula is C24H24N2O2. The molecule has 0 aromatic heterocycles. The molecule has 3 aromatic rings. The summed E-state index contributed by atoms with van der Waals surface area (Å²) in [6.45, 7) is 5.78. The van der Waals surface area contributed by atoms with Crippen LogP contribution < -0.4 is 10.2 Å². The second-order valence-corrected chi connectivity index (χ2v) is 6.79. The number of carbonyl (C=O) groups is 1. The van der Waals surface area contributed by atoms with Crippen molar-refractivity contribution in [3.05, 3.63) is 89.5 Å². The Bertz CT molecular complexity index is 957. The molecule has 1 N–H and O–H groups in total. The molecule has 0 fully saturated rings. The van der Waals surface area contributed by atoms with Crippen LogP contribution in [0.1, 0.15) is 23.6 Å². The van der Waals surface area contributed by atoms with E-state index in [0.29, 0.717) is 5.75 Å². The molecule has 0 heterocycles. The molecule has 0 saturated heterocycles. The molecule has 0 saturated carbocycles. The van der Waals surface area contributed by atoms with Crippen LogP contribution in [0.2, 0.25) is 0 Å². The number of nitrogens with one attached hydrogen (secondary N) is 1. The minimum Gasteiger partial charge on any atom is -0.484 e. The second kappa shape index (κ2) is 9.00. The number of ether oxygens (including phenoxy) is 1.